The van der Waals surface area contributed by atoms with E-state index < -0.39 is 0 Å². The highest BCUT2D eigenvalue weighted by molar-refractivity contribution is 5.77. The van der Waals surface area contributed by atoms with Gasteiger partial charge in [-0.25, -0.2) is 4.39 Å². The molecule has 0 aromatic heterocycles. The van der Waals surface area contributed by atoms with Crippen LogP contribution in [0.3, 0.4) is 0 Å². The fourth-order valence-corrected chi connectivity index (χ4v) is 1.28. The monoisotopic (exact) mass is 255 g/mol. The van der Waals surface area contributed by atoms with Crippen molar-refractivity contribution in [2.75, 3.05) is 26.4 Å². The fourth-order valence-electron chi connectivity index (χ4n) is 1.28. The summed E-state index contributed by atoms with van der Waals surface area (Å²) in [6.45, 7) is 3.73. The molecule has 0 saturated carbocycles. The highest BCUT2D eigenvalue weighted by atomic mass is 19.1. The molecule has 0 aliphatic heterocycles. The summed E-state index contributed by atoms with van der Waals surface area (Å²) >= 11 is 0. The molecule has 18 heavy (non-hydrogen) atoms. The Kier molecular flexibility index (Phi) is 6.79. The molecule has 0 bridgehead atoms. The Labute approximate surface area is 106 Å². The zero-order chi connectivity index (χ0) is 13.2. The molecule has 1 amide bonds. The van der Waals surface area contributed by atoms with Gasteiger partial charge in [-0.1, -0.05) is 0 Å². The molecule has 0 heterocycles. The number of amides is 1. The van der Waals surface area contributed by atoms with Gasteiger partial charge in [0.1, 0.15) is 11.6 Å². The van der Waals surface area contributed by atoms with Crippen molar-refractivity contribution in [2.45, 2.75) is 13.3 Å². The van der Waals surface area contributed by atoms with Gasteiger partial charge in [-0.05, 0) is 37.6 Å². The maximum Gasteiger partial charge on any atom is 0.257 e. The van der Waals surface area contributed by atoms with Gasteiger partial charge in [0, 0.05) is 19.8 Å². The van der Waals surface area contributed by atoms with Crippen LogP contribution in [0, 0.1) is 5.82 Å². The van der Waals surface area contributed by atoms with E-state index in [1.54, 1.807) is 0 Å². The van der Waals surface area contributed by atoms with Gasteiger partial charge in [-0.2, -0.15) is 0 Å². The molecular formula is C13H18FNO3. The van der Waals surface area contributed by atoms with Gasteiger partial charge < -0.3 is 14.8 Å². The van der Waals surface area contributed by atoms with Crippen LogP contribution in [0.4, 0.5) is 4.39 Å². The van der Waals surface area contributed by atoms with Crippen LogP contribution in [-0.4, -0.2) is 32.3 Å². The number of carbonyl (C=O) groups is 1. The van der Waals surface area contributed by atoms with Crippen molar-refractivity contribution in [3.05, 3.63) is 30.1 Å². The number of nitrogens with one attached hydrogen (secondary N) is 1. The van der Waals surface area contributed by atoms with E-state index in [1.807, 2.05) is 6.92 Å². The Morgan fingerprint density at radius 2 is 2.06 bits per heavy atom. The number of ether oxygens (including phenoxy) is 2. The van der Waals surface area contributed by atoms with Gasteiger partial charge in [0.25, 0.3) is 5.91 Å². The summed E-state index contributed by atoms with van der Waals surface area (Å²) < 4.78 is 22.9. The van der Waals surface area contributed by atoms with Crippen molar-refractivity contribution in [1.82, 2.24) is 5.32 Å². The first-order valence-corrected chi connectivity index (χ1v) is 5.95. The van der Waals surface area contributed by atoms with Crippen molar-refractivity contribution in [3.63, 3.8) is 0 Å². The second-order valence-corrected chi connectivity index (χ2v) is 3.64. The lowest BCUT2D eigenvalue weighted by molar-refractivity contribution is -0.123. The molecule has 0 saturated heterocycles. The first-order valence-electron chi connectivity index (χ1n) is 5.95. The van der Waals surface area contributed by atoms with Gasteiger partial charge in [-0.3, -0.25) is 4.79 Å². The standard InChI is InChI=1S/C13H18FNO3/c1-2-17-9-3-8-15-13(16)10-18-12-6-4-11(14)5-7-12/h4-7H,2-3,8-10H2,1H3,(H,15,16). The molecule has 0 unspecified atom stereocenters. The SMILES string of the molecule is CCOCCCNC(=O)COc1ccc(F)cc1. The average Bonchev–Trinajstić information content (AvgIpc) is 2.38. The van der Waals surface area contributed by atoms with Crippen molar-refractivity contribution in [2.24, 2.45) is 0 Å². The Bertz CT molecular complexity index is 354. The summed E-state index contributed by atoms with van der Waals surface area (Å²) in [5, 5.41) is 2.71. The Morgan fingerprint density at radius 3 is 2.72 bits per heavy atom. The van der Waals surface area contributed by atoms with Gasteiger partial charge >= 0.3 is 0 Å². The van der Waals surface area contributed by atoms with Gasteiger partial charge in [0.05, 0.1) is 0 Å². The van der Waals surface area contributed by atoms with Crippen LogP contribution in [0.5, 0.6) is 5.75 Å². The van der Waals surface area contributed by atoms with Crippen LogP contribution in [0.25, 0.3) is 0 Å². The quantitative estimate of drug-likeness (QED) is 0.720. The number of benzene rings is 1. The lowest BCUT2D eigenvalue weighted by Crippen LogP contribution is -2.30. The van der Waals surface area contributed by atoms with Crippen molar-refractivity contribution >= 4 is 5.91 Å². The molecule has 0 aliphatic carbocycles. The van der Waals surface area contributed by atoms with Gasteiger partial charge in [0.15, 0.2) is 6.61 Å². The molecule has 0 atom stereocenters. The second kappa shape index (κ2) is 8.47. The Morgan fingerprint density at radius 1 is 1.33 bits per heavy atom. The fraction of sp³-hybridized carbons (Fsp3) is 0.462. The lowest BCUT2D eigenvalue weighted by atomic mass is 10.3. The largest absolute Gasteiger partial charge is 0.484 e. The number of halogens is 1. The highest BCUT2D eigenvalue weighted by Gasteiger charge is 2.02. The number of hydrogen-bond acceptors (Lipinski definition) is 3. The molecule has 1 N–H and O–H groups in total. The lowest BCUT2D eigenvalue weighted by Gasteiger charge is -2.07. The van der Waals surface area contributed by atoms with Crippen molar-refractivity contribution in [3.8, 4) is 5.75 Å². The van der Waals surface area contributed by atoms with Crippen LogP contribution in [0.1, 0.15) is 13.3 Å². The van der Waals surface area contributed by atoms with E-state index in [0.717, 1.165) is 6.42 Å². The van der Waals surface area contributed by atoms with E-state index in [-0.39, 0.29) is 18.3 Å². The Balaban J connectivity index is 2.11. The first-order chi connectivity index (χ1) is 8.72. The molecule has 0 aliphatic rings. The predicted molar refractivity (Wildman–Crippen MR) is 66.0 cm³/mol. The minimum Gasteiger partial charge on any atom is -0.484 e. The summed E-state index contributed by atoms with van der Waals surface area (Å²) in [6.07, 6.45) is 0.774. The minimum absolute atomic E-state index is 0.0692. The number of carbonyl (C=O) groups excluding carboxylic acids is 1. The molecule has 5 heteroatoms. The van der Waals surface area contributed by atoms with Crippen LogP contribution >= 0.6 is 0 Å². The molecule has 4 nitrogen and oxygen atoms in total. The third-order valence-electron chi connectivity index (χ3n) is 2.18. The van der Waals surface area contributed by atoms with Gasteiger partial charge in [-0.15, -0.1) is 0 Å². The molecule has 1 aromatic rings. The third-order valence-corrected chi connectivity index (χ3v) is 2.18. The van der Waals surface area contributed by atoms with Crippen molar-refractivity contribution in [1.29, 1.82) is 0 Å². The maximum absolute atomic E-state index is 12.6. The summed E-state index contributed by atoms with van der Waals surface area (Å²) in [4.78, 5) is 11.4. The van der Waals surface area contributed by atoms with Crippen LogP contribution in [-0.2, 0) is 9.53 Å². The number of hydrogen-bond donors (Lipinski definition) is 1. The van der Waals surface area contributed by atoms with Gasteiger partial charge in [0.2, 0.25) is 0 Å². The molecule has 0 spiro atoms. The van der Waals surface area contributed by atoms with E-state index in [0.29, 0.717) is 25.5 Å². The average molecular weight is 255 g/mol. The van der Waals surface area contributed by atoms with E-state index in [9.17, 15) is 9.18 Å². The zero-order valence-electron chi connectivity index (χ0n) is 10.4. The van der Waals surface area contributed by atoms with E-state index in [1.165, 1.54) is 24.3 Å². The normalized spacial score (nSPS) is 10.1. The molecular weight excluding hydrogens is 237 g/mol. The predicted octanol–water partition coefficient (Wildman–Crippen LogP) is 1.75. The topological polar surface area (TPSA) is 47.6 Å². The molecule has 100 valence electrons. The van der Waals surface area contributed by atoms with Crippen LogP contribution in [0.15, 0.2) is 24.3 Å². The van der Waals surface area contributed by atoms with Crippen LogP contribution in [0.2, 0.25) is 0 Å². The number of rotatable bonds is 8. The second-order valence-electron chi connectivity index (χ2n) is 3.64. The van der Waals surface area contributed by atoms with E-state index in [2.05, 4.69) is 5.32 Å². The van der Waals surface area contributed by atoms with E-state index >= 15 is 0 Å². The summed E-state index contributed by atoms with van der Waals surface area (Å²) in [5.74, 6) is -0.0561. The maximum atomic E-state index is 12.6. The zero-order valence-corrected chi connectivity index (χ0v) is 10.4. The molecule has 0 fully saturated rings. The summed E-state index contributed by atoms with van der Waals surface area (Å²) in [5.41, 5.74) is 0. The molecule has 1 rings (SSSR count). The van der Waals surface area contributed by atoms with Crippen molar-refractivity contribution < 1.29 is 18.7 Å². The molecule has 1 aromatic carbocycles. The van der Waals surface area contributed by atoms with E-state index in [4.69, 9.17) is 9.47 Å². The summed E-state index contributed by atoms with van der Waals surface area (Å²) in [6, 6.07) is 5.54. The molecule has 0 radical (unpaired) electrons. The third kappa shape index (κ3) is 6.20. The minimum atomic E-state index is -0.331. The Hall–Kier alpha value is -1.62. The smallest absolute Gasteiger partial charge is 0.257 e. The first kappa shape index (κ1) is 14.4. The summed E-state index contributed by atoms with van der Waals surface area (Å²) in [7, 11) is 0. The van der Waals surface area contributed by atoms with Crippen LogP contribution < -0.4 is 10.1 Å². The highest BCUT2D eigenvalue weighted by Crippen LogP contribution is 2.10.